The predicted octanol–water partition coefficient (Wildman–Crippen LogP) is 1.58. The Morgan fingerprint density at radius 2 is 1.80 bits per heavy atom. The summed E-state index contributed by atoms with van der Waals surface area (Å²) in [7, 11) is 1.92. The number of carbonyl (C=O) groups is 1. The minimum atomic E-state index is -0.00858. The van der Waals surface area contributed by atoms with Gasteiger partial charge in [0.2, 0.25) is 5.91 Å². The van der Waals surface area contributed by atoms with Crippen molar-refractivity contribution in [1.29, 1.82) is 0 Å². The number of hydrogen-bond acceptors (Lipinski definition) is 3. The number of hydrogen-bond donors (Lipinski definition) is 2. The molecule has 2 unspecified atom stereocenters. The second kappa shape index (κ2) is 6.02. The minimum Gasteiger partial charge on any atom is -0.345 e. The molecule has 2 bridgehead atoms. The van der Waals surface area contributed by atoms with Crippen LogP contribution in [-0.2, 0) is 4.79 Å². The van der Waals surface area contributed by atoms with Gasteiger partial charge in [-0.05, 0) is 49.5 Å². The zero-order chi connectivity index (χ0) is 14.9. The van der Waals surface area contributed by atoms with Gasteiger partial charge in [-0.3, -0.25) is 4.79 Å². The molecular weight excluding hydrogens is 250 g/mol. The van der Waals surface area contributed by atoms with Gasteiger partial charge in [-0.2, -0.15) is 0 Å². The molecule has 2 rings (SSSR count). The number of fused-ring (bicyclic) bond motifs is 2. The lowest BCUT2D eigenvalue weighted by atomic mass is 9.65. The number of rotatable bonds is 4. The molecule has 2 saturated carbocycles. The highest BCUT2D eigenvalue weighted by molar-refractivity contribution is 5.78. The molecule has 4 heteroatoms. The van der Waals surface area contributed by atoms with Crippen LogP contribution in [0.1, 0.15) is 46.0 Å². The van der Waals surface area contributed by atoms with E-state index in [1.807, 2.05) is 11.9 Å². The summed E-state index contributed by atoms with van der Waals surface area (Å²) in [5, 5.41) is 0. The van der Waals surface area contributed by atoms with Gasteiger partial charge in [0.1, 0.15) is 0 Å². The average molecular weight is 281 g/mol. The maximum atomic E-state index is 12.7. The van der Waals surface area contributed by atoms with Crippen LogP contribution < -0.4 is 11.5 Å². The summed E-state index contributed by atoms with van der Waals surface area (Å²) in [4.78, 5) is 14.6. The summed E-state index contributed by atoms with van der Waals surface area (Å²) in [5.41, 5.74) is 12.1. The van der Waals surface area contributed by atoms with Crippen LogP contribution in [0.2, 0.25) is 0 Å². The molecule has 0 heterocycles. The van der Waals surface area contributed by atoms with E-state index in [1.54, 1.807) is 0 Å². The molecule has 0 saturated heterocycles. The van der Waals surface area contributed by atoms with Crippen LogP contribution in [-0.4, -0.2) is 37.0 Å². The molecule has 2 aliphatic rings. The standard InChI is InChI=1S/C16H31N3O/c1-16(2,9-17)10-19(3)15(20)13-7-11-5-4-6-12(8-13)14(11)18/h11-14H,4-10,17-18H2,1-3H3. The van der Waals surface area contributed by atoms with E-state index in [9.17, 15) is 4.79 Å². The average Bonchev–Trinajstić information content (AvgIpc) is 2.37. The molecule has 2 atom stereocenters. The van der Waals surface area contributed by atoms with E-state index in [2.05, 4.69) is 13.8 Å². The molecule has 0 radical (unpaired) electrons. The molecule has 0 aromatic rings. The Morgan fingerprint density at radius 1 is 1.25 bits per heavy atom. The van der Waals surface area contributed by atoms with E-state index >= 15 is 0 Å². The van der Waals surface area contributed by atoms with Crippen molar-refractivity contribution in [3.63, 3.8) is 0 Å². The highest BCUT2D eigenvalue weighted by Crippen LogP contribution is 2.42. The predicted molar refractivity (Wildman–Crippen MR) is 82.0 cm³/mol. The third kappa shape index (κ3) is 3.34. The normalized spacial score (nSPS) is 33.9. The van der Waals surface area contributed by atoms with Crippen molar-refractivity contribution in [2.24, 2.45) is 34.6 Å². The second-order valence-electron chi connectivity index (χ2n) is 7.76. The zero-order valence-corrected chi connectivity index (χ0v) is 13.3. The Balaban J connectivity index is 1.96. The first kappa shape index (κ1) is 15.8. The summed E-state index contributed by atoms with van der Waals surface area (Å²) in [6.45, 7) is 5.57. The van der Waals surface area contributed by atoms with Gasteiger partial charge in [0.05, 0.1) is 0 Å². The zero-order valence-electron chi connectivity index (χ0n) is 13.3. The Morgan fingerprint density at radius 3 is 2.30 bits per heavy atom. The molecule has 0 aromatic carbocycles. The summed E-state index contributed by atoms with van der Waals surface area (Å²) in [6, 6.07) is 0.332. The van der Waals surface area contributed by atoms with E-state index in [1.165, 1.54) is 19.3 Å². The van der Waals surface area contributed by atoms with Crippen molar-refractivity contribution in [3.05, 3.63) is 0 Å². The maximum absolute atomic E-state index is 12.7. The van der Waals surface area contributed by atoms with Gasteiger partial charge < -0.3 is 16.4 Å². The van der Waals surface area contributed by atoms with Gasteiger partial charge in [0.25, 0.3) is 0 Å². The van der Waals surface area contributed by atoms with E-state index in [4.69, 9.17) is 11.5 Å². The first-order valence-electron chi connectivity index (χ1n) is 8.04. The summed E-state index contributed by atoms with van der Waals surface area (Å²) >= 11 is 0. The molecule has 4 nitrogen and oxygen atoms in total. The molecule has 4 N–H and O–H groups in total. The Kier molecular flexibility index (Phi) is 4.75. The van der Waals surface area contributed by atoms with Crippen molar-refractivity contribution in [3.8, 4) is 0 Å². The molecule has 1 amide bonds. The molecular formula is C16H31N3O. The minimum absolute atomic E-state index is 0.00858. The fourth-order valence-electron chi connectivity index (χ4n) is 4.09. The van der Waals surface area contributed by atoms with Gasteiger partial charge in [0.15, 0.2) is 0 Å². The molecule has 0 aromatic heterocycles. The summed E-state index contributed by atoms with van der Waals surface area (Å²) in [6.07, 6.45) is 5.69. The highest BCUT2D eigenvalue weighted by Gasteiger charge is 2.41. The van der Waals surface area contributed by atoms with Gasteiger partial charge in [-0.15, -0.1) is 0 Å². The fourth-order valence-corrected chi connectivity index (χ4v) is 4.09. The van der Waals surface area contributed by atoms with E-state index in [0.717, 1.165) is 19.4 Å². The lowest BCUT2D eigenvalue weighted by molar-refractivity contribution is -0.138. The Labute approximate surface area is 123 Å². The SMILES string of the molecule is CN(CC(C)(C)CN)C(=O)C1CC2CCCC(C1)C2N. The van der Waals surface area contributed by atoms with Crippen molar-refractivity contribution >= 4 is 5.91 Å². The quantitative estimate of drug-likeness (QED) is 0.822. The third-order valence-electron chi connectivity index (χ3n) is 5.36. The number of amides is 1. The van der Waals surface area contributed by atoms with Crippen molar-refractivity contribution in [2.45, 2.75) is 52.0 Å². The van der Waals surface area contributed by atoms with Crippen LogP contribution in [0.3, 0.4) is 0 Å². The van der Waals surface area contributed by atoms with Gasteiger partial charge in [-0.1, -0.05) is 20.3 Å². The number of nitrogens with two attached hydrogens (primary N) is 2. The largest absolute Gasteiger partial charge is 0.345 e. The monoisotopic (exact) mass is 281 g/mol. The topological polar surface area (TPSA) is 72.3 Å². The van der Waals surface area contributed by atoms with Crippen molar-refractivity contribution < 1.29 is 4.79 Å². The highest BCUT2D eigenvalue weighted by atomic mass is 16.2. The molecule has 0 aliphatic heterocycles. The van der Waals surface area contributed by atoms with Crippen molar-refractivity contribution in [1.82, 2.24) is 4.90 Å². The molecule has 20 heavy (non-hydrogen) atoms. The van der Waals surface area contributed by atoms with Crippen LogP contribution in [0.4, 0.5) is 0 Å². The lowest BCUT2D eigenvalue weighted by Crippen LogP contribution is -2.50. The summed E-state index contributed by atoms with van der Waals surface area (Å²) < 4.78 is 0. The van der Waals surface area contributed by atoms with Gasteiger partial charge in [0, 0.05) is 25.6 Å². The number of nitrogens with zero attached hydrogens (tertiary/aromatic N) is 1. The van der Waals surface area contributed by atoms with Crippen LogP contribution in [0.5, 0.6) is 0 Å². The second-order valence-corrected chi connectivity index (χ2v) is 7.76. The Bertz CT molecular complexity index is 342. The van der Waals surface area contributed by atoms with E-state index in [-0.39, 0.29) is 11.3 Å². The smallest absolute Gasteiger partial charge is 0.225 e. The summed E-state index contributed by atoms with van der Waals surface area (Å²) in [5.74, 6) is 1.61. The fraction of sp³-hybridized carbons (Fsp3) is 0.938. The van der Waals surface area contributed by atoms with Gasteiger partial charge >= 0.3 is 0 Å². The van der Waals surface area contributed by atoms with Crippen LogP contribution in [0.15, 0.2) is 0 Å². The molecule has 2 aliphatic carbocycles. The molecule has 116 valence electrons. The number of carbonyl (C=O) groups excluding carboxylic acids is 1. The molecule has 0 spiro atoms. The van der Waals surface area contributed by atoms with Crippen LogP contribution in [0.25, 0.3) is 0 Å². The van der Waals surface area contributed by atoms with E-state index < -0.39 is 0 Å². The van der Waals surface area contributed by atoms with Gasteiger partial charge in [-0.25, -0.2) is 0 Å². The molecule has 2 fully saturated rings. The first-order valence-corrected chi connectivity index (χ1v) is 8.04. The maximum Gasteiger partial charge on any atom is 0.225 e. The third-order valence-corrected chi connectivity index (χ3v) is 5.36. The Hall–Kier alpha value is -0.610. The lowest BCUT2D eigenvalue weighted by Gasteiger charge is -2.44. The van der Waals surface area contributed by atoms with Crippen LogP contribution in [0, 0.1) is 23.2 Å². The first-order chi connectivity index (χ1) is 9.34. The van der Waals surface area contributed by atoms with Crippen molar-refractivity contribution in [2.75, 3.05) is 20.1 Å². The van der Waals surface area contributed by atoms with Crippen LogP contribution >= 0.6 is 0 Å². The van der Waals surface area contributed by atoms with E-state index in [0.29, 0.717) is 30.3 Å².